The van der Waals surface area contributed by atoms with Crippen LogP contribution in [0.3, 0.4) is 0 Å². The van der Waals surface area contributed by atoms with E-state index >= 15 is 0 Å². The molecule has 348 valence electrons. The van der Waals surface area contributed by atoms with Crippen LogP contribution in [0.25, 0.3) is 11.1 Å². The Morgan fingerprint density at radius 1 is 0.828 bits per heavy atom. The molecule has 0 saturated heterocycles. The van der Waals surface area contributed by atoms with Crippen molar-refractivity contribution in [3.8, 4) is 16.9 Å². The number of carbonyl (C=O) groups excluding carboxylic acids is 6. The van der Waals surface area contributed by atoms with Crippen molar-refractivity contribution in [2.75, 3.05) is 19.7 Å². The van der Waals surface area contributed by atoms with E-state index in [0.29, 0.717) is 38.0 Å². The largest absolute Gasteiger partial charge is 0.494 e. The average molecular weight is 888 g/mol. The van der Waals surface area contributed by atoms with Crippen molar-refractivity contribution in [1.82, 2.24) is 26.6 Å². The Balaban J connectivity index is 1.89. The van der Waals surface area contributed by atoms with Crippen molar-refractivity contribution in [3.05, 3.63) is 88.5 Å². The number of ether oxygens (including phenoxy) is 1. The van der Waals surface area contributed by atoms with Gasteiger partial charge in [-0.3, -0.25) is 33.6 Å². The lowest BCUT2D eigenvalue weighted by atomic mass is 9.87. The van der Waals surface area contributed by atoms with Crippen LogP contribution in [0, 0.1) is 19.8 Å². The molecule has 0 saturated carbocycles. The molecular formula is C47H65N7O10. The number of nitrogens with two attached hydrogens (primary N) is 2. The number of rotatable bonds is 28. The third kappa shape index (κ3) is 17.1. The van der Waals surface area contributed by atoms with Crippen LogP contribution in [0.4, 0.5) is 0 Å². The molecule has 3 rings (SSSR count). The minimum atomic E-state index is -1.51. The molecule has 11 N–H and O–H groups in total. The summed E-state index contributed by atoms with van der Waals surface area (Å²) in [4.78, 5) is 89.0. The highest BCUT2D eigenvalue weighted by Crippen LogP contribution is 2.29. The first-order chi connectivity index (χ1) is 30.4. The van der Waals surface area contributed by atoms with Crippen molar-refractivity contribution in [2.24, 2.45) is 17.4 Å². The van der Waals surface area contributed by atoms with Crippen LogP contribution in [-0.2, 0) is 52.8 Å². The molecule has 17 heteroatoms. The predicted molar refractivity (Wildman–Crippen MR) is 242 cm³/mol. The highest BCUT2D eigenvalue weighted by atomic mass is 16.5. The zero-order valence-electron chi connectivity index (χ0n) is 37.4. The third-order valence-corrected chi connectivity index (χ3v) is 10.7. The summed E-state index contributed by atoms with van der Waals surface area (Å²) >= 11 is 0. The van der Waals surface area contributed by atoms with Crippen molar-refractivity contribution >= 4 is 41.9 Å². The second-order valence-electron chi connectivity index (χ2n) is 16.1. The molecule has 6 amide bonds. The molecule has 5 unspecified atom stereocenters. The molecule has 0 radical (unpaired) electrons. The Morgan fingerprint density at radius 2 is 1.52 bits per heavy atom. The monoisotopic (exact) mass is 887 g/mol. The van der Waals surface area contributed by atoms with Gasteiger partial charge in [-0.2, -0.15) is 0 Å². The molecular weight excluding hydrogens is 823 g/mol. The topological polar surface area (TPSA) is 281 Å². The molecule has 0 aromatic heterocycles. The molecule has 3 aromatic rings. The number of primary amides is 1. The second-order valence-corrected chi connectivity index (χ2v) is 16.1. The summed E-state index contributed by atoms with van der Waals surface area (Å²) in [7, 11) is 0. The van der Waals surface area contributed by atoms with E-state index in [2.05, 4.69) is 32.7 Å². The number of hydrogen-bond acceptors (Lipinski definition) is 10. The van der Waals surface area contributed by atoms with E-state index in [0.717, 1.165) is 58.4 Å². The first kappa shape index (κ1) is 52.0. The van der Waals surface area contributed by atoms with Crippen molar-refractivity contribution in [2.45, 2.75) is 116 Å². The van der Waals surface area contributed by atoms with Gasteiger partial charge < -0.3 is 53.0 Å². The lowest BCUT2D eigenvalue weighted by molar-refractivity contribution is -0.139. The van der Waals surface area contributed by atoms with Gasteiger partial charge >= 0.3 is 5.97 Å². The summed E-state index contributed by atoms with van der Waals surface area (Å²) < 4.78 is 5.92. The molecule has 0 spiro atoms. The zero-order valence-corrected chi connectivity index (χ0v) is 37.4. The van der Waals surface area contributed by atoms with E-state index in [9.17, 15) is 43.8 Å². The highest BCUT2D eigenvalue weighted by molar-refractivity contribution is 5.93. The van der Waals surface area contributed by atoms with Crippen LogP contribution in [0.1, 0.15) is 80.7 Å². The molecule has 0 aliphatic carbocycles. The number of aryl methyl sites for hydroxylation is 4. The standard InChI is InChI=1S/C47H65N7O10/c1-6-34-24-36(64-19-8-7-18-48)16-17-37(34)35-14-12-32(13-15-35)23-38(46(62)53-39(44(49)60)11-9-10-33-21-28(2)20-29(3)22-33)40(25-42(58)59)52-41(57)26-50-47(63)43(31(5)56)54-45(61)30(4)51-27-55/h12-17,20-22,24,27,30-31,38-40,43,56H,6-11,18-19,23,25-26,48H2,1-5H3,(H2,49,60)(H,50,63)(H,51,55)(H,52,57)(H,53,62)(H,54,61)(H,58,59)/t30?,31?,38-,39?,40?,43?/m1/s1. The van der Waals surface area contributed by atoms with Gasteiger partial charge in [0, 0.05) is 0 Å². The SMILES string of the molecule is CCc1cc(OCCCCN)ccc1-c1ccc(C[C@@H](C(=O)NC(CCCc2cc(C)cc(C)c2)C(N)=O)C(CC(=O)O)NC(=O)CNC(=O)C(NC(=O)C(C)NC=O)C(C)O)cc1. The number of unbranched alkanes of at least 4 members (excludes halogenated alkanes) is 1. The van der Waals surface area contributed by atoms with Crippen LogP contribution < -0.4 is 42.8 Å². The number of nitrogens with one attached hydrogen (secondary N) is 5. The van der Waals surface area contributed by atoms with E-state index in [1.807, 2.05) is 63.2 Å². The van der Waals surface area contributed by atoms with Gasteiger partial charge in [-0.15, -0.1) is 0 Å². The minimum absolute atomic E-state index is 0.0654. The number of amides is 6. The quantitative estimate of drug-likeness (QED) is 0.0375. The number of carboxylic acid groups (broad SMARTS) is 1. The van der Waals surface area contributed by atoms with Gasteiger partial charge in [0.15, 0.2) is 0 Å². The Morgan fingerprint density at radius 3 is 2.11 bits per heavy atom. The van der Waals surface area contributed by atoms with Crippen LogP contribution in [0.2, 0.25) is 0 Å². The normalized spacial score (nSPS) is 13.8. The third-order valence-electron chi connectivity index (χ3n) is 10.7. The maximum absolute atomic E-state index is 14.3. The smallest absolute Gasteiger partial charge is 0.305 e. The van der Waals surface area contributed by atoms with Crippen LogP contribution in [0.15, 0.2) is 60.7 Å². The summed E-state index contributed by atoms with van der Waals surface area (Å²) in [5.41, 5.74) is 18.2. The number of carbonyl (C=O) groups is 7. The molecule has 0 bridgehead atoms. The van der Waals surface area contributed by atoms with E-state index in [-0.39, 0.29) is 12.8 Å². The Kier molecular flexibility index (Phi) is 21.4. The minimum Gasteiger partial charge on any atom is -0.494 e. The van der Waals surface area contributed by atoms with Crippen molar-refractivity contribution < 1.29 is 48.5 Å². The van der Waals surface area contributed by atoms with Gasteiger partial charge in [-0.25, -0.2) is 0 Å². The van der Waals surface area contributed by atoms with Gasteiger partial charge in [-0.05, 0) is 119 Å². The first-order valence-corrected chi connectivity index (χ1v) is 21.6. The summed E-state index contributed by atoms with van der Waals surface area (Å²) in [6.45, 7) is 9.05. The fourth-order valence-corrected chi connectivity index (χ4v) is 7.33. The molecule has 17 nitrogen and oxygen atoms in total. The summed E-state index contributed by atoms with van der Waals surface area (Å²) in [5, 5.41) is 32.4. The molecule has 0 aliphatic heterocycles. The summed E-state index contributed by atoms with van der Waals surface area (Å²) in [6.07, 6.45) is 1.86. The van der Waals surface area contributed by atoms with Gasteiger partial charge in [0.1, 0.15) is 23.9 Å². The van der Waals surface area contributed by atoms with Crippen molar-refractivity contribution in [3.63, 3.8) is 0 Å². The molecule has 64 heavy (non-hydrogen) atoms. The predicted octanol–water partition coefficient (Wildman–Crippen LogP) is 1.88. The number of aliphatic carboxylic acids is 1. The van der Waals surface area contributed by atoms with Gasteiger partial charge in [0.05, 0.1) is 37.6 Å². The van der Waals surface area contributed by atoms with Crippen molar-refractivity contribution in [1.29, 1.82) is 0 Å². The van der Waals surface area contributed by atoms with Crippen LogP contribution in [0.5, 0.6) is 5.75 Å². The zero-order chi connectivity index (χ0) is 47.3. The fourth-order valence-electron chi connectivity index (χ4n) is 7.33. The molecule has 0 fully saturated rings. The maximum atomic E-state index is 14.3. The van der Waals surface area contributed by atoms with Gasteiger partial charge in [-0.1, -0.05) is 66.6 Å². The highest BCUT2D eigenvalue weighted by Gasteiger charge is 2.34. The number of hydrogen-bond donors (Lipinski definition) is 9. The molecule has 3 aromatic carbocycles. The number of aliphatic hydroxyl groups is 1. The Hall–Kier alpha value is -6.33. The molecule has 6 atom stereocenters. The van der Waals surface area contributed by atoms with E-state index < -0.39 is 84.7 Å². The number of benzene rings is 3. The number of carboxylic acids is 1. The Bertz CT molecular complexity index is 2040. The van der Waals surface area contributed by atoms with Gasteiger partial charge in [0.2, 0.25) is 35.9 Å². The van der Waals surface area contributed by atoms with E-state index in [1.165, 1.54) is 13.8 Å². The molecule has 0 aliphatic rings. The average Bonchev–Trinajstić information content (AvgIpc) is 3.24. The second kappa shape index (κ2) is 26.3. The van der Waals surface area contributed by atoms with Crippen LogP contribution >= 0.6 is 0 Å². The fraction of sp³-hybridized carbons (Fsp3) is 0.468. The maximum Gasteiger partial charge on any atom is 0.305 e. The van der Waals surface area contributed by atoms with Gasteiger partial charge in [0.25, 0.3) is 0 Å². The Labute approximate surface area is 374 Å². The lowest BCUT2D eigenvalue weighted by Crippen LogP contribution is -2.57. The van der Waals surface area contributed by atoms with Crippen LogP contribution in [-0.4, -0.2) is 102 Å². The van der Waals surface area contributed by atoms with E-state index in [4.69, 9.17) is 16.2 Å². The summed E-state index contributed by atoms with van der Waals surface area (Å²) in [6, 6.07) is 14.4. The first-order valence-electron chi connectivity index (χ1n) is 21.6. The van der Waals surface area contributed by atoms with E-state index in [1.54, 1.807) is 12.1 Å². The lowest BCUT2D eigenvalue weighted by Gasteiger charge is -2.28. The number of aliphatic hydroxyl groups excluding tert-OH is 1. The molecule has 0 heterocycles. The summed E-state index contributed by atoms with van der Waals surface area (Å²) in [5.74, 6) is -5.93.